The molecule has 0 aromatic heterocycles. The zero-order valence-electron chi connectivity index (χ0n) is 16.7. The predicted octanol–water partition coefficient (Wildman–Crippen LogP) is 8.56. The van der Waals surface area contributed by atoms with Crippen molar-refractivity contribution < 1.29 is 42.6 Å². The molecule has 0 aliphatic rings. The van der Waals surface area contributed by atoms with E-state index in [4.69, 9.17) is 3.07 Å². The molecule has 0 fully saturated rings. The summed E-state index contributed by atoms with van der Waals surface area (Å²) >= 11 is -4.06. The second-order valence-electron chi connectivity index (χ2n) is 7.50. The molecule has 0 atom stereocenters. The third-order valence-corrected chi connectivity index (χ3v) is 17.8. The molecule has 0 unspecified atom stereocenters. The second kappa shape index (κ2) is 13.5. The van der Waals surface area contributed by atoms with Crippen molar-refractivity contribution in [2.75, 3.05) is 6.61 Å². The summed E-state index contributed by atoms with van der Waals surface area (Å²) in [6.07, 6.45) is -14.1. The van der Waals surface area contributed by atoms with E-state index in [1.165, 1.54) is 0 Å². The molecule has 0 aromatic carbocycles. The van der Waals surface area contributed by atoms with Gasteiger partial charge in [-0.05, 0) is 0 Å². The summed E-state index contributed by atoms with van der Waals surface area (Å²) in [6, 6.07) is 0. The summed E-state index contributed by atoms with van der Waals surface area (Å²) in [4.78, 5) is 0. The molecule has 0 saturated carbocycles. The van der Waals surface area contributed by atoms with Gasteiger partial charge in [0.05, 0.1) is 0 Å². The van der Waals surface area contributed by atoms with Crippen LogP contribution in [0.3, 0.4) is 0 Å². The minimum absolute atomic E-state index is 0.00230. The Balaban J connectivity index is 5.10. The predicted molar refractivity (Wildman–Crippen MR) is 96.1 cm³/mol. The Morgan fingerprint density at radius 2 is 0.931 bits per heavy atom. The average molecular weight is 553 g/mol. The number of hydrogen-bond acceptors (Lipinski definition) is 1. The maximum absolute atomic E-state index is 12.5. The molecule has 0 spiro atoms. The third-order valence-electron chi connectivity index (χ3n) is 4.68. The molecule has 0 N–H and O–H groups in total. The zero-order valence-corrected chi connectivity index (χ0v) is 19.6. The van der Waals surface area contributed by atoms with Gasteiger partial charge in [0.2, 0.25) is 0 Å². The Hall–Kier alpha value is 0.129. The Labute approximate surface area is 171 Å². The third kappa shape index (κ3) is 18.6. The average Bonchev–Trinajstić information content (AvgIpc) is 2.51. The van der Waals surface area contributed by atoms with Gasteiger partial charge in [-0.1, -0.05) is 0 Å². The van der Waals surface area contributed by atoms with Crippen molar-refractivity contribution in [2.24, 2.45) is 0 Å². The van der Waals surface area contributed by atoms with Crippen molar-refractivity contribution in [3.05, 3.63) is 0 Å². The van der Waals surface area contributed by atoms with Crippen LogP contribution in [-0.4, -0.2) is 43.9 Å². The van der Waals surface area contributed by atoms with Crippen LogP contribution in [-0.2, 0) is 3.07 Å². The van der Waals surface area contributed by atoms with E-state index in [9.17, 15) is 39.5 Å². The number of halogens is 9. The van der Waals surface area contributed by atoms with Gasteiger partial charge >= 0.3 is 171 Å². The standard InChI is InChI=1S/C6H13O.3C4H6F3.Sn/c1-2-3-4-5-6-7;3*1-2-3-4(5,6)7;/h2-6H2,1H3;3*1-3H2;/q-1;;;;+1. The molecular formula is C18H31F9OSn. The van der Waals surface area contributed by atoms with Crippen LogP contribution in [0.25, 0.3) is 0 Å². The fourth-order valence-electron chi connectivity index (χ4n) is 3.24. The van der Waals surface area contributed by atoms with Crippen LogP contribution in [0.5, 0.6) is 0 Å². The van der Waals surface area contributed by atoms with Gasteiger partial charge in [0.15, 0.2) is 0 Å². The van der Waals surface area contributed by atoms with Gasteiger partial charge in [-0.2, -0.15) is 0 Å². The Kier molecular flexibility index (Phi) is 13.6. The molecule has 1 nitrogen and oxygen atoms in total. The maximum atomic E-state index is 12.5. The van der Waals surface area contributed by atoms with Crippen LogP contribution >= 0.6 is 0 Å². The van der Waals surface area contributed by atoms with Crippen molar-refractivity contribution in [3.8, 4) is 0 Å². The first-order valence-electron chi connectivity index (χ1n) is 10.0. The van der Waals surface area contributed by atoms with Gasteiger partial charge < -0.3 is 0 Å². The SMILES string of the molecule is CCCCCC[O][Sn]([CH2]CCC(F)(F)F)([CH2]CCC(F)(F)F)[CH2]CCC(F)(F)F. The number of alkyl halides is 9. The van der Waals surface area contributed by atoms with Crippen LogP contribution in [0.4, 0.5) is 39.5 Å². The first kappa shape index (κ1) is 29.1. The van der Waals surface area contributed by atoms with Gasteiger partial charge in [0.1, 0.15) is 0 Å². The van der Waals surface area contributed by atoms with Gasteiger partial charge in [-0.15, -0.1) is 0 Å². The van der Waals surface area contributed by atoms with Crippen molar-refractivity contribution in [1.82, 2.24) is 0 Å². The van der Waals surface area contributed by atoms with Crippen molar-refractivity contribution in [3.63, 3.8) is 0 Å². The van der Waals surface area contributed by atoms with E-state index in [-0.39, 0.29) is 39.2 Å². The van der Waals surface area contributed by atoms with Crippen LogP contribution in [0.15, 0.2) is 0 Å². The minimum atomic E-state index is -4.41. The Bertz CT molecular complexity index is 369. The van der Waals surface area contributed by atoms with E-state index in [1.54, 1.807) is 0 Å². The van der Waals surface area contributed by atoms with Crippen LogP contribution in [0, 0.1) is 0 Å². The topological polar surface area (TPSA) is 9.23 Å². The fourth-order valence-corrected chi connectivity index (χ4v) is 15.3. The van der Waals surface area contributed by atoms with E-state index in [0.717, 1.165) is 19.3 Å². The summed E-state index contributed by atoms with van der Waals surface area (Å²) in [7, 11) is 0. The van der Waals surface area contributed by atoms with Gasteiger partial charge in [0.25, 0.3) is 0 Å². The van der Waals surface area contributed by atoms with E-state index < -0.39 is 56.6 Å². The van der Waals surface area contributed by atoms with E-state index in [1.807, 2.05) is 6.92 Å². The quantitative estimate of drug-likeness (QED) is 0.112. The number of hydrogen-bond donors (Lipinski definition) is 0. The molecule has 0 bridgehead atoms. The molecule has 0 aromatic rings. The van der Waals surface area contributed by atoms with E-state index in [0.29, 0.717) is 6.42 Å². The fraction of sp³-hybridized carbons (Fsp3) is 1.00. The molecule has 0 radical (unpaired) electrons. The van der Waals surface area contributed by atoms with Crippen LogP contribution < -0.4 is 0 Å². The number of rotatable bonds is 15. The molecule has 0 heterocycles. The van der Waals surface area contributed by atoms with Crippen molar-refractivity contribution in [2.45, 2.75) is 103 Å². The Morgan fingerprint density at radius 3 is 1.24 bits per heavy atom. The van der Waals surface area contributed by atoms with E-state index >= 15 is 0 Å². The zero-order chi connectivity index (χ0) is 22.6. The molecule has 0 amide bonds. The van der Waals surface area contributed by atoms with Gasteiger partial charge in [-0.25, -0.2) is 0 Å². The first-order chi connectivity index (χ1) is 13.2. The first-order valence-corrected chi connectivity index (χ1v) is 17.2. The summed E-state index contributed by atoms with van der Waals surface area (Å²) in [5.41, 5.74) is 0. The summed E-state index contributed by atoms with van der Waals surface area (Å²) in [5, 5.41) is 0. The molecule has 0 aliphatic carbocycles. The van der Waals surface area contributed by atoms with Crippen molar-refractivity contribution >= 4 is 18.8 Å². The van der Waals surface area contributed by atoms with Gasteiger partial charge in [-0.3, -0.25) is 0 Å². The van der Waals surface area contributed by atoms with Crippen LogP contribution in [0.1, 0.15) is 71.1 Å². The molecule has 0 rings (SSSR count). The number of unbranched alkanes of at least 4 members (excludes halogenated alkanes) is 3. The molecule has 0 saturated heterocycles. The summed E-state index contributed by atoms with van der Waals surface area (Å²) < 4.78 is 119. The molecule has 176 valence electrons. The summed E-state index contributed by atoms with van der Waals surface area (Å²) in [6.45, 7) is 2.19. The molecule has 11 heteroatoms. The van der Waals surface area contributed by atoms with Gasteiger partial charge in [0, 0.05) is 0 Å². The van der Waals surface area contributed by atoms with Crippen molar-refractivity contribution in [1.29, 1.82) is 0 Å². The van der Waals surface area contributed by atoms with Crippen LogP contribution in [0.2, 0.25) is 13.3 Å². The second-order valence-corrected chi connectivity index (χ2v) is 19.4. The molecular weight excluding hydrogens is 522 g/mol. The van der Waals surface area contributed by atoms with E-state index in [2.05, 4.69) is 0 Å². The molecule has 0 aliphatic heterocycles. The summed E-state index contributed by atoms with van der Waals surface area (Å²) in [5.74, 6) is 0. The molecule has 29 heavy (non-hydrogen) atoms. The Morgan fingerprint density at radius 1 is 0.552 bits per heavy atom. The normalized spacial score (nSPS) is 13.9. The monoisotopic (exact) mass is 554 g/mol.